The van der Waals surface area contributed by atoms with E-state index in [1.165, 1.54) is 5.56 Å². The van der Waals surface area contributed by atoms with E-state index in [0.29, 0.717) is 5.69 Å². The van der Waals surface area contributed by atoms with Crippen LogP contribution < -0.4 is 0 Å². The number of aromatic nitrogens is 3. The summed E-state index contributed by atoms with van der Waals surface area (Å²) >= 11 is 0. The molecule has 0 saturated heterocycles. The van der Waals surface area contributed by atoms with Crippen molar-refractivity contribution in [3.05, 3.63) is 47.3 Å². The van der Waals surface area contributed by atoms with Gasteiger partial charge in [-0.15, -0.1) is 5.10 Å². The molecule has 0 amide bonds. The summed E-state index contributed by atoms with van der Waals surface area (Å²) in [6, 6.07) is 12.2. The number of hydrogen-bond acceptors (Lipinski definition) is 3. The van der Waals surface area contributed by atoms with Gasteiger partial charge in [0.15, 0.2) is 5.69 Å². The van der Waals surface area contributed by atoms with Crippen molar-refractivity contribution in [3.63, 3.8) is 0 Å². The lowest BCUT2D eigenvalue weighted by atomic mass is 10.1. The van der Waals surface area contributed by atoms with Crippen LogP contribution in [-0.4, -0.2) is 15.0 Å². The summed E-state index contributed by atoms with van der Waals surface area (Å²) in [5.74, 6) is 0. The fourth-order valence-electron chi connectivity index (χ4n) is 1.65. The molecule has 2 aromatic rings. The summed E-state index contributed by atoms with van der Waals surface area (Å²) in [5, 5.41) is 16.5. The van der Waals surface area contributed by atoms with Crippen LogP contribution in [0.3, 0.4) is 0 Å². The zero-order valence-corrected chi connectivity index (χ0v) is 9.09. The highest BCUT2D eigenvalue weighted by Crippen LogP contribution is 2.08. The summed E-state index contributed by atoms with van der Waals surface area (Å²) in [6.07, 6.45) is 1.69. The van der Waals surface area contributed by atoms with E-state index < -0.39 is 0 Å². The molecule has 0 spiro atoms. The molecule has 0 aliphatic heterocycles. The van der Waals surface area contributed by atoms with Crippen molar-refractivity contribution < 1.29 is 0 Å². The molecule has 0 atom stereocenters. The highest BCUT2D eigenvalue weighted by Gasteiger charge is 2.09. The van der Waals surface area contributed by atoms with Gasteiger partial charge in [-0.3, -0.25) is 4.68 Å². The Hall–Kier alpha value is -2.15. The second-order valence-electron chi connectivity index (χ2n) is 3.61. The van der Waals surface area contributed by atoms with Crippen LogP contribution >= 0.6 is 0 Å². The van der Waals surface area contributed by atoms with Crippen LogP contribution in [0.2, 0.25) is 0 Å². The Bertz CT molecular complexity index is 508. The van der Waals surface area contributed by atoms with E-state index in [-0.39, 0.29) is 0 Å². The molecule has 0 aliphatic rings. The molecular formula is C12H12N4. The molecule has 0 saturated carbocycles. The first-order valence-electron chi connectivity index (χ1n) is 5.14. The van der Waals surface area contributed by atoms with Gasteiger partial charge in [-0.05, 0) is 18.4 Å². The van der Waals surface area contributed by atoms with E-state index >= 15 is 0 Å². The fourth-order valence-corrected chi connectivity index (χ4v) is 1.65. The lowest BCUT2D eigenvalue weighted by molar-refractivity contribution is 0.672. The number of aryl methyl sites for hydroxylation is 2. The Morgan fingerprint density at radius 2 is 2.00 bits per heavy atom. The Kier molecular flexibility index (Phi) is 2.97. The standard InChI is InChI=1S/C12H12N4/c1-16-12(11(9-13)14-15-16)8-7-10-5-3-2-4-6-10/h2-6H,7-8H2,1H3. The van der Waals surface area contributed by atoms with Crippen LogP contribution in [0, 0.1) is 11.3 Å². The molecule has 80 valence electrons. The molecule has 0 radical (unpaired) electrons. The lowest BCUT2D eigenvalue weighted by Crippen LogP contribution is -2.01. The monoisotopic (exact) mass is 212 g/mol. The van der Waals surface area contributed by atoms with Crippen molar-refractivity contribution in [2.24, 2.45) is 7.05 Å². The number of hydrogen-bond donors (Lipinski definition) is 0. The van der Waals surface area contributed by atoms with Crippen molar-refractivity contribution in [2.75, 3.05) is 0 Å². The third-order valence-corrected chi connectivity index (χ3v) is 2.54. The zero-order chi connectivity index (χ0) is 11.4. The zero-order valence-electron chi connectivity index (χ0n) is 9.09. The molecule has 1 aromatic heterocycles. The second kappa shape index (κ2) is 4.58. The normalized spacial score (nSPS) is 10.0. The maximum atomic E-state index is 8.86. The number of nitrogens with zero attached hydrogens (tertiary/aromatic N) is 4. The molecule has 0 fully saturated rings. The molecule has 0 aliphatic carbocycles. The molecule has 0 N–H and O–H groups in total. The third kappa shape index (κ3) is 2.09. The van der Waals surface area contributed by atoms with Crippen molar-refractivity contribution >= 4 is 0 Å². The maximum Gasteiger partial charge on any atom is 0.185 e. The van der Waals surface area contributed by atoms with Crippen LogP contribution in [0.4, 0.5) is 0 Å². The van der Waals surface area contributed by atoms with Gasteiger partial charge in [0.05, 0.1) is 5.69 Å². The topological polar surface area (TPSA) is 54.5 Å². The van der Waals surface area contributed by atoms with Gasteiger partial charge >= 0.3 is 0 Å². The summed E-state index contributed by atoms with van der Waals surface area (Å²) in [5.41, 5.74) is 2.58. The Morgan fingerprint density at radius 1 is 1.25 bits per heavy atom. The van der Waals surface area contributed by atoms with Gasteiger partial charge in [0, 0.05) is 7.05 Å². The number of rotatable bonds is 3. The average Bonchev–Trinajstić information content (AvgIpc) is 2.69. The highest BCUT2D eigenvalue weighted by molar-refractivity contribution is 5.26. The minimum absolute atomic E-state index is 0.429. The van der Waals surface area contributed by atoms with Gasteiger partial charge in [-0.1, -0.05) is 35.5 Å². The summed E-state index contributed by atoms with van der Waals surface area (Å²) in [4.78, 5) is 0. The first-order chi connectivity index (χ1) is 7.81. The molecule has 0 bridgehead atoms. The van der Waals surface area contributed by atoms with Crippen molar-refractivity contribution in [1.29, 1.82) is 5.26 Å². The summed E-state index contributed by atoms with van der Waals surface area (Å²) in [7, 11) is 1.81. The minimum atomic E-state index is 0.429. The lowest BCUT2D eigenvalue weighted by Gasteiger charge is -2.01. The van der Waals surface area contributed by atoms with Gasteiger partial charge < -0.3 is 0 Å². The van der Waals surface area contributed by atoms with E-state index in [4.69, 9.17) is 5.26 Å². The van der Waals surface area contributed by atoms with E-state index in [9.17, 15) is 0 Å². The highest BCUT2D eigenvalue weighted by atomic mass is 15.4. The van der Waals surface area contributed by atoms with E-state index in [0.717, 1.165) is 18.5 Å². The van der Waals surface area contributed by atoms with Crippen molar-refractivity contribution in [3.8, 4) is 6.07 Å². The van der Waals surface area contributed by atoms with Gasteiger partial charge in [-0.2, -0.15) is 5.26 Å². The molecule has 1 aromatic carbocycles. The number of benzene rings is 1. The first kappa shape index (κ1) is 10.4. The van der Waals surface area contributed by atoms with Crippen LogP contribution in [-0.2, 0) is 19.9 Å². The van der Waals surface area contributed by atoms with Gasteiger partial charge in [-0.25, -0.2) is 0 Å². The summed E-state index contributed by atoms with van der Waals surface area (Å²) in [6.45, 7) is 0. The van der Waals surface area contributed by atoms with Crippen molar-refractivity contribution in [2.45, 2.75) is 12.8 Å². The first-order valence-corrected chi connectivity index (χ1v) is 5.14. The van der Waals surface area contributed by atoms with Gasteiger partial charge in [0.25, 0.3) is 0 Å². The largest absolute Gasteiger partial charge is 0.251 e. The smallest absolute Gasteiger partial charge is 0.185 e. The maximum absolute atomic E-state index is 8.86. The quantitative estimate of drug-likeness (QED) is 0.774. The van der Waals surface area contributed by atoms with Crippen LogP contribution in [0.1, 0.15) is 17.0 Å². The Balaban J connectivity index is 2.11. The second-order valence-corrected chi connectivity index (χ2v) is 3.61. The molecule has 1 heterocycles. The predicted octanol–water partition coefficient (Wildman–Crippen LogP) is 1.47. The Labute approximate surface area is 94.1 Å². The van der Waals surface area contributed by atoms with Crippen molar-refractivity contribution in [1.82, 2.24) is 15.0 Å². The van der Waals surface area contributed by atoms with Crippen LogP contribution in [0.25, 0.3) is 0 Å². The van der Waals surface area contributed by atoms with Crippen LogP contribution in [0.5, 0.6) is 0 Å². The average molecular weight is 212 g/mol. The molecule has 4 heteroatoms. The van der Waals surface area contributed by atoms with Gasteiger partial charge in [0.2, 0.25) is 0 Å². The molecular weight excluding hydrogens is 200 g/mol. The SMILES string of the molecule is Cn1nnc(C#N)c1CCc1ccccc1. The molecule has 2 rings (SSSR count). The van der Waals surface area contributed by atoms with E-state index in [2.05, 4.69) is 28.5 Å². The van der Waals surface area contributed by atoms with E-state index in [1.807, 2.05) is 25.2 Å². The molecule has 16 heavy (non-hydrogen) atoms. The van der Waals surface area contributed by atoms with Crippen LogP contribution in [0.15, 0.2) is 30.3 Å². The minimum Gasteiger partial charge on any atom is -0.251 e. The van der Waals surface area contributed by atoms with Gasteiger partial charge in [0.1, 0.15) is 6.07 Å². The molecule has 0 unspecified atom stereocenters. The fraction of sp³-hybridized carbons (Fsp3) is 0.250. The summed E-state index contributed by atoms with van der Waals surface area (Å²) < 4.78 is 1.67. The third-order valence-electron chi connectivity index (χ3n) is 2.54. The predicted molar refractivity (Wildman–Crippen MR) is 59.6 cm³/mol. The Morgan fingerprint density at radius 3 is 2.69 bits per heavy atom. The van der Waals surface area contributed by atoms with E-state index in [1.54, 1.807) is 4.68 Å². The molecule has 4 nitrogen and oxygen atoms in total. The number of nitriles is 1.